The van der Waals surface area contributed by atoms with Gasteiger partial charge in [-0.1, -0.05) is 29.8 Å². The standard InChI is InChI=1S/C22H28N2O4/c1-4-14-12-24-10-9-21-15-7-5-6-8-17(15)23(2)22(21,24)18(26)11-16(14)20(21,13-25)19(27)28-3/h4-8,16,18,25-26H,9-13H2,1-3H3/b14-4-/t16-,18+,20-,21-,22-/m0/s1. The smallest absolute Gasteiger partial charge is 0.315 e. The number of carbonyl (C=O) groups is 1. The summed E-state index contributed by atoms with van der Waals surface area (Å²) in [7, 11) is 3.42. The van der Waals surface area contributed by atoms with E-state index in [-0.39, 0.29) is 18.5 Å². The van der Waals surface area contributed by atoms with E-state index in [1.165, 1.54) is 7.11 Å². The molecule has 0 amide bonds. The van der Waals surface area contributed by atoms with Crippen molar-refractivity contribution in [3.63, 3.8) is 0 Å². The third kappa shape index (κ3) is 1.52. The zero-order chi connectivity index (χ0) is 19.9. The Labute approximate surface area is 165 Å². The van der Waals surface area contributed by atoms with Gasteiger partial charge in [0.25, 0.3) is 0 Å². The number of methoxy groups -OCH3 is 1. The number of aliphatic hydroxyl groups is 2. The van der Waals surface area contributed by atoms with Crippen LogP contribution in [0.4, 0.5) is 5.69 Å². The summed E-state index contributed by atoms with van der Waals surface area (Å²) in [6, 6.07) is 8.11. The van der Waals surface area contributed by atoms with Crippen LogP contribution in [0.1, 0.15) is 25.3 Å². The summed E-state index contributed by atoms with van der Waals surface area (Å²) in [5.41, 5.74) is 0.539. The van der Waals surface area contributed by atoms with Crippen molar-refractivity contribution in [1.29, 1.82) is 0 Å². The van der Waals surface area contributed by atoms with Gasteiger partial charge < -0.3 is 19.8 Å². The van der Waals surface area contributed by atoms with E-state index >= 15 is 0 Å². The maximum atomic E-state index is 13.5. The van der Waals surface area contributed by atoms with Crippen LogP contribution in [0.3, 0.4) is 0 Å². The lowest BCUT2D eigenvalue weighted by atomic mass is 9.45. The summed E-state index contributed by atoms with van der Waals surface area (Å²) < 4.78 is 5.38. The summed E-state index contributed by atoms with van der Waals surface area (Å²) in [5, 5.41) is 22.5. The van der Waals surface area contributed by atoms with Crippen molar-refractivity contribution in [3.05, 3.63) is 41.5 Å². The topological polar surface area (TPSA) is 73.2 Å². The molecule has 6 atom stereocenters. The second kappa shape index (κ2) is 5.59. The molecule has 4 fully saturated rings. The first-order chi connectivity index (χ1) is 13.5. The molecule has 150 valence electrons. The number of rotatable bonds is 2. The van der Waals surface area contributed by atoms with E-state index in [1.54, 1.807) is 0 Å². The third-order valence-electron chi connectivity index (χ3n) is 8.37. The minimum atomic E-state index is -1.13. The Morgan fingerprint density at radius 3 is 2.82 bits per heavy atom. The molecule has 0 aromatic heterocycles. The van der Waals surface area contributed by atoms with Gasteiger partial charge in [0.15, 0.2) is 0 Å². The minimum absolute atomic E-state index is 0.261. The molecule has 4 heterocycles. The van der Waals surface area contributed by atoms with Crippen LogP contribution < -0.4 is 4.90 Å². The number of fused-ring (bicyclic) bond motifs is 3. The first-order valence-electron chi connectivity index (χ1n) is 10.1. The Hall–Kier alpha value is -1.89. The predicted octanol–water partition coefficient (Wildman–Crippen LogP) is 1.27. The number of hydrogen-bond donors (Lipinski definition) is 2. The number of benzene rings is 1. The van der Waals surface area contributed by atoms with Crippen molar-refractivity contribution in [2.75, 3.05) is 38.8 Å². The van der Waals surface area contributed by atoms with E-state index in [2.05, 4.69) is 28.0 Å². The second-order valence-electron chi connectivity index (χ2n) is 8.67. The highest BCUT2D eigenvalue weighted by molar-refractivity contribution is 5.86. The Morgan fingerprint density at radius 1 is 1.39 bits per heavy atom. The van der Waals surface area contributed by atoms with Crippen molar-refractivity contribution in [3.8, 4) is 0 Å². The molecule has 4 bridgehead atoms. The molecule has 6 heteroatoms. The average molecular weight is 384 g/mol. The van der Waals surface area contributed by atoms with Crippen LogP contribution in [-0.4, -0.2) is 66.7 Å². The first-order valence-corrected chi connectivity index (χ1v) is 10.1. The molecule has 1 aromatic carbocycles. The monoisotopic (exact) mass is 384 g/mol. The van der Waals surface area contributed by atoms with E-state index < -0.39 is 22.6 Å². The van der Waals surface area contributed by atoms with Crippen molar-refractivity contribution in [1.82, 2.24) is 4.90 Å². The third-order valence-corrected chi connectivity index (χ3v) is 8.37. The van der Waals surface area contributed by atoms with E-state index in [0.717, 1.165) is 23.4 Å². The highest BCUT2D eigenvalue weighted by Crippen LogP contribution is 2.73. The number of ether oxygens (including phenoxy) is 1. The molecule has 28 heavy (non-hydrogen) atoms. The van der Waals surface area contributed by atoms with Gasteiger partial charge in [-0.2, -0.15) is 0 Å². The van der Waals surface area contributed by atoms with E-state index in [4.69, 9.17) is 4.74 Å². The number of anilines is 1. The van der Waals surface area contributed by atoms with Crippen LogP contribution >= 0.6 is 0 Å². The SMILES string of the molecule is C/C=C1/CN2CC[C@@]34c5ccccc5N(C)[C@@]23[C@H](O)C[C@@H]1[C@@]4(CO)C(=O)OC. The number of esters is 1. The summed E-state index contributed by atoms with van der Waals surface area (Å²) in [5.74, 6) is -0.632. The molecular formula is C22H28N2O4. The molecule has 0 radical (unpaired) electrons. The molecule has 6 rings (SSSR count). The molecule has 6 nitrogen and oxygen atoms in total. The predicted molar refractivity (Wildman–Crippen MR) is 105 cm³/mol. The van der Waals surface area contributed by atoms with Gasteiger partial charge in [0, 0.05) is 31.7 Å². The van der Waals surface area contributed by atoms with Gasteiger partial charge in [-0.25, -0.2) is 0 Å². The number of nitrogens with zero attached hydrogens (tertiary/aromatic N) is 2. The number of para-hydroxylation sites is 1. The molecule has 3 saturated heterocycles. The highest BCUT2D eigenvalue weighted by atomic mass is 16.5. The van der Waals surface area contributed by atoms with E-state index in [1.807, 2.05) is 26.1 Å². The van der Waals surface area contributed by atoms with Gasteiger partial charge in [-0.15, -0.1) is 0 Å². The molecule has 1 saturated carbocycles. The lowest BCUT2D eigenvalue weighted by Crippen LogP contribution is -2.77. The fourth-order valence-electron chi connectivity index (χ4n) is 7.56. The van der Waals surface area contributed by atoms with Crippen LogP contribution in [0.5, 0.6) is 0 Å². The van der Waals surface area contributed by atoms with Gasteiger partial charge in [0.2, 0.25) is 0 Å². The molecule has 5 aliphatic rings. The number of likely N-dealkylation sites (N-methyl/N-ethyl adjacent to an activating group) is 1. The fraction of sp³-hybridized carbons (Fsp3) is 0.591. The second-order valence-corrected chi connectivity index (χ2v) is 8.67. The Bertz CT molecular complexity index is 885. The summed E-state index contributed by atoms with van der Waals surface area (Å²) in [6.45, 7) is 3.14. The Balaban J connectivity index is 1.96. The van der Waals surface area contributed by atoms with Crippen molar-refractivity contribution in [2.45, 2.75) is 36.9 Å². The molecule has 1 unspecified atom stereocenters. The highest BCUT2D eigenvalue weighted by Gasteiger charge is 2.84. The van der Waals surface area contributed by atoms with E-state index in [0.29, 0.717) is 19.4 Å². The van der Waals surface area contributed by atoms with Crippen LogP contribution in [-0.2, 0) is 14.9 Å². The molecular weight excluding hydrogens is 356 g/mol. The molecule has 1 spiro atoms. The maximum Gasteiger partial charge on any atom is 0.315 e. The normalized spacial score (nSPS) is 44.4. The van der Waals surface area contributed by atoms with Crippen LogP contribution in [0.15, 0.2) is 35.9 Å². The number of hydrogen-bond acceptors (Lipinski definition) is 6. The van der Waals surface area contributed by atoms with Gasteiger partial charge in [-0.3, -0.25) is 9.69 Å². The molecule has 2 N–H and O–H groups in total. The molecule has 4 aliphatic heterocycles. The molecule has 1 aliphatic carbocycles. The lowest BCUT2D eigenvalue weighted by molar-refractivity contribution is -0.187. The Kier molecular flexibility index (Phi) is 3.62. The van der Waals surface area contributed by atoms with Gasteiger partial charge in [0.1, 0.15) is 11.1 Å². The van der Waals surface area contributed by atoms with Gasteiger partial charge >= 0.3 is 5.97 Å². The first kappa shape index (κ1) is 18.2. The maximum absolute atomic E-state index is 13.5. The number of allylic oxidation sites excluding steroid dienone is 1. The van der Waals surface area contributed by atoms with Gasteiger partial charge in [0.05, 0.1) is 25.2 Å². The van der Waals surface area contributed by atoms with E-state index in [9.17, 15) is 15.0 Å². The quantitative estimate of drug-likeness (QED) is 0.591. The zero-order valence-electron chi connectivity index (χ0n) is 16.7. The van der Waals surface area contributed by atoms with Gasteiger partial charge in [-0.05, 0) is 31.4 Å². The van der Waals surface area contributed by atoms with Crippen LogP contribution in [0, 0.1) is 11.3 Å². The minimum Gasteiger partial charge on any atom is -0.468 e. The largest absolute Gasteiger partial charge is 0.468 e. The van der Waals surface area contributed by atoms with Crippen molar-refractivity contribution < 1.29 is 19.7 Å². The summed E-state index contributed by atoms with van der Waals surface area (Å²) in [4.78, 5) is 18.1. The zero-order valence-corrected chi connectivity index (χ0v) is 16.7. The summed E-state index contributed by atoms with van der Waals surface area (Å²) >= 11 is 0. The van der Waals surface area contributed by atoms with Crippen LogP contribution in [0.2, 0.25) is 0 Å². The van der Waals surface area contributed by atoms with Crippen molar-refractivity contribution in [2.24, 2.45) is 11.3 Å². The number of carbonyl (C=O) groups excluding carboxylic acids is 1. The van der Waals surface area contributed by atoms with Crippen molar-refractivity contribution >= 4 is 11.7 Å². The molecule has 1 aromatic rings. The summed E-state index contributed by atoms with van der Waals surface area (Å²) in [6.07, 6.45) is 2.56. The average Bonchev–Trinajstić information content (AvgIpc) is 3.10. The Morgan fingerprint density at radius 2 is 2.14 bits per heavy atom. The lowest BCUT2D eigenvalue weighted by Gasteiger charge is -2.61. The fourth-order valence-corrected chi connectivity index (χ4v) is 7.56. The number of aliphatic hydroxyl groups excluding tert-OH is 2. The van der Waals surface area contributed by atoms with Crippen LogP contribution in [0.25, 0.3) is 0 Å².